The van der Waals surface area contributed by atoms with E-state index in [-0.39, 0.29) is 36.2 Å². The van der Waals surface area contributed by atoms with E-state index in [2.05, 4.69) is 10.6 Å². The number of carbonyl (C=O) groups excluding carboxylic acids is 5. The van der Waals surface area contributed by atoms with Crippen LogP contribution < -0.4 is 21.1 Å². The zero-order valence-corrected chi connectivity index (χ0v) is 25.7. The van der Waals surface area contributed by atoms with Crippen molar-refractivity contribution in [3.63, 3.8) is 0 Å². The Labute approximate surface area is 260 Å². The minimum Gasteiger partial charge on any atom is -0.507 e. The molecule has 45 heavy (non-hydrogen) atoms. The minimum absolute atomic E-state index is 0.00720. The molecule has 0 spiro atoms. The molecule has 3 aliphatic rings. The third-order valence-electron chi connectivity index (χ3n) is 9.01. The molecular weight excluding hydrogens is 582 g/mol. The van der Waals surface area contributed by atoms with Crippen molar-refractivity contribution in [2.24, 2.45) is 29.4 Å². The topological polar surface area (TPSA) is 205 Å². The molecule has 2 saturated carbocycles. The average molecular weight is 622 g/mol. The van der Waals surface area contributed by atoms with Gasteiger partial charge in [0.25, 0.3) is 0 Å². The fourth-order valence-electron chi connectivity index (χ4n) is 7.09. The van der Waals surface area contributed by atoms with Crippen LogP contribution in [-0.2, 0) is 32.1 Å². The second-order valence-electron chi connectivity index (χ2n) is 13.2. The van der Waals surface area contributed by atoms with Crippen molar-refractivity contribution >= 4 is 29.0 Å². The SMILES string of the molecule is CCOc1ccc(-c2ccc(O)c3c2C[C@H]2C[C@H]4CC(=O)C(C(N)=O)C(=O)[C@@]4(O)C(=O)C2C3=O)cc1CNC(O)NC(C)(C)C. The maximum atomic E-state index is 13.9. The van der Waals surface area contributed by atoms with E-state index in [4.69, 9.17) is 10.5 Å². The summed E-state index contributed by atoms with van der Waals surface area (Å²) in [6.45, 7) is 8.27. The molecule has 0 heterocycles. The standard InChI is InChI=1S/C33H39N3O9/c1-5-45-23-9-6-15(10-17(23)14-35-31(43)36-32(2,3)4)19-7-8-21(37)25-20(19)12-16-11-18-13-22(38)26(30(34)42)29(41)33(18,44)28(40)24(16)27(25)39/h6-10,16,18,24,26,31,35-37,43-44H,5,11-14H2,1-4H3,(H2,34,42)/t16-,18+,24?,26?,31?,33+/m1/s1. The van der Waals surface area contributed by atoms with Gasteiger partial charge in [0.2, 0.25) is 5.91 Å². The maximum absolute atomic E-state index is 13.9. The summed E-state index contributed by atoms with van der Waals surface area (Å²) in [4.78, 5) is 65.4. The summed E-state index contributed by atoms with van der Waals surface area (Å²) in [5, 5.41) is 38.8. The Morgan fingerprint density at radius 1 is 1.11 bits per heavy atom. The number of ether oxygens (including phenoxy) is 1. The van der Waals surface area contributed by atoms with Crippen molar-refractivity contribution in [1.82, 2.24) is 10.6 Å². The Morgan fingerprint density at radius 3 is 2.47 bits per heavy atom. The third-order valence-corrected chi connectivity index (χ3v) is 9.01. The molecule has 0 bridgehead atoms. The van der Waals surface area contributed by atoms with Crippen molar-refractivity contribution < 1.29 is 44.0 Å². The summed E-state index contributed by atoms with van der Waals surface area (Å²) in [6.07, 6.45) is -1.24. The summed E-state index contributed by atoms with van der Waals surface area (Å²) in [7, 11) is 0. The van der Waals surface area contributed by atoms with Crippen LogP contribution in [0.25, 0.3) is 11.1 Å². The van der Waals surface area contributed by atoms with Gasteiger partial charge in [0.1, 0.15) is 11.5 Å². The summed E-state index contributed by atoms with van der Waals surface area (Å²) in [6, 6.07) is 8.49. The molecule has 3 aliphatic carbocycles. The molecule has 12 heteroatoms. The highest BCUT2D eigenvalue weighted by molar-refractivity contribution is 6.31. The van der Waals surface area contributed by atoms with E-state index < -0.39 is 71.1 Å². The van der Waals surface area contributed by atoms with Crippen LogP contribution in [0.1, 0.15) is 62.0 Å². The third kappa shape index (κ3) is 5.67. The highest BCUT2D eigenvalue weighted by Gasteiger charge is 2.66. The van der Waals surface area contributed by atoms with E-state index in [0.717, 1.165) is 5.56 Å². The smallest absolute Gasteiger partial charge is 0.235 e. The van der Waals surface area contributed by atoms with Gasteiger partial charge in [-0.15, -0.1) is 0 Å². The molecular formula is C33H39N3O9. The molecule has 2 aromatic rings. The Hall–Kier alpha value is -3.97. The lowest BCUT2D eigenvalue weighted by molar-refractivity contribution is -0.175. The van der Waals surface area contributed by atoms with E-state index in [0.29, 0.717) is 29.0 Å². The molecule has 7 N–H and O–H groups in total. The van der Waals surface area contributed by atoms with Crippen molar-refractivity contribution in [3.05, 3.63) is 47.0 Å². The molecule has 5 rings (SSSR count). The summed E-state index contributed by atoms with van der Waals surface area (Å²) in [5.74, 6) is -9.99. The van der Waals surface area contributed by atoms with Gasteiger partial charge in [-0.1, -0.05) is 12.1 Å². The molecule has 0 aliphatic heterocycles. The second kappa shape index (κ2) is 11.8. The van der Waals surface area contributed by atoms with Gasteiger partial charge in [-0.05, 0) is 81.3 Å². The molecule has 3 unspecified atom stereocenters. The number of ketones is 4. The number of hydrogen-bond donors (Lipinski definition) is 6. The number of hydrogen-bond acceptors (Lipinski definition) is 11. The van der Waals surface area contributed by atoms with Crippen LogP contribution in [-0.4, -0.2) is 68.5 Å². The van der Waals surface area contributed by atoms with Gasteiger partial charge in [-0.3, -0.25) is 34.6 Å². The molecule has 6 atom stereocenters. The quantitative estimate of drug-likeness (QED) is 0.182. The normalized spacial score (nSPS) is 27.0. The number of rotatable bonds is 8. The number of fused-ring (bicyclic) bond motifs is 3. The van der Waals surface area contributed by atoms with Crippen molar-refractivity contribution in [2.45, 2.75) is 71.0 Å². The van der Waals surface area contributed by atoms with Crippen LogP contribution >= 0.6 is 0 Å². The fraction of sp³-hybridized carbons (Fsp3) is 0.485. The Kier molecular flexibility index (Phi) is 8.47. The number of aliphatic hydroxyl groups excluding tert-OH is 1. The summed E-state index contributed by atoms with van der Waals surface area (Å²) >= 11 is 0. The van der Waals surface area contributed by atoms with Gasteiger partial charge in [-0.25, -0.2) is 0 Å². The predicted octanol–water partition coefficient (Wildman–Crippen LogP) is 1.15. The molecule has 240 valence electrons. The van der Waals surface area contributed by atoms with Crippen molar-refractivity contribution in [3.8, 4) is 22.6 Å². The van der Waals surface area contributed by atoms with Gasteiger partial charge in [0, 0.05) is 30.0 Å². The lowest BCUT2D eigenvalue weighted by Crippen LogP contribution is -2.68. The fourth-order valence-corrected chi connectivity index (χ4v) is 7.09. The number of phenolic OH excluding ortho intramolecular Hbond substituents is 1. The van der Waals surface area contributed by atoms with Crippen molar-refractivity contribution in [1.29, 1.82) is 0 Å². The first-order valence-corrected chi connectivity index (χ1v) is 15.1. The highest BCUT2D eigenvalue weighted by Crippen LogP contribution is 2.51. The number of primary amides is 1. The van der Waals surface area contributed by atoms with Crippen LogP contribution in [0.3, 0.4) is 0 Å². The number of nitrogens with one attached hydrogen (secondary N) is 2. The number of nitrogens with two attached hydrogens (primary N) is 1. The highest BCUT2D eigenvalue weighted by atomic mass is 16.5. The summed E-state index contributed by atoms with van der Waals surface area (Å²) in [5.41, 5.74) is 4.69. The van der Waals surface area contributed by atoms with E-state index in [1.807, 2.05) is 39.8 Å². The van der Waals surface area contributed by atoms with E-state index in [1.54, 1.807) is 12.1 Å². The first-order chi connectivity index (χ1) is 21.1. The van der Waals surface area contributed by atoms with Gasteiger partial charge in [-0.2, -0.15) is 0 Å². The predicted molar refractivity (Wildman–Crippen MR) is 161 cm³/mol. The van der Waals surface area contributed by atoms with Gasteiger partial charge in [0.15, 0.2) is 41.0 Å². The number of benzene rings is 2. The average Bonchev–Trinajstić information content (AvgIpc) is 2.93. The molecule has 0 saturated heterocycles. The van der Waals surface area contributed by atoms with Crippen LogP contribution in [0.2, 0.25) is 0 Å². The molecule has 0 radical (unpaired) electrons. The largest absolute Gasteiger partial charge is 0.507 e. The van der Waals surface area contributed by atoms with Crippen LogP contribution in [0.4, 0.5) is 0 Å². The second-order valence-corrected chi connectivity index (χ2v) is 13.2. The first-order valence-electron chi connectivity index (χ1n) is 15.1. The summed E-state index contributed by atoms with van der Waals surface area (Å²) < 4.78 is 5.81. The number of aromatic hydroxyl groups is 1. The lowest BCUT2D eigenvalue weighted by atomic mass is 9.53. The number of Topliss-reactive ketones (excluding diaryl/α,β-unsaturated/α-hetero) is 4. The Bertz CT molecular complexity index is 1600. The lowest BCUT2D eigenvalue weighted by Gasteiger charge is -2.48. The molecule has 2 aromatic carbocycles. The van der Waals surface area contributed by atoms with Gasteiger partial charge in [0.05, 0.1) is 18.1 Å². The monoisotopic (exact) mass is 621 g/mol. The van der Waals surface area contributed by atoms with E-state index in [1.165, 1.54) is 6.07 Å². The molecule has 2 fully saturated rings. The van der Waals surface area contributed by atoms with E-state index in [9.17, 15) is 39.3 Å². The zero-order valence-electron chi connectivity index (χ0n) is 25.7. The molecule has 0 aromatic heterocycles. The molecule has 12 nitrogen and oxygen atoms in total. The van der Waals surface area contributed by atoms with Gasteiger partial charge < -0.3 is 25.8 Å². The number of carbonyl (C=O) groups is 5. The first kappa shape index (κ1) is 32.4. The Morgan fingerprint density at radius 2 is 1.82 bits per heavy atom. The van der Waals surface area contributed by atoms with Crippen molar-refractivity contribution in [2.75, 3.05) is 6.61 Å². The number of aliphatic hydroxyl groups is 2. The Balaban J connectivity index is 1.52. The number of amides is 1. The molecule has 1 amide bonds. The minimum atomic E-state index is -2.70. The van der Waals surface area contributed by atoms with Crippen LogP contribution in [0.5, 0.6) is 11.5 Å². The van der Waals surface area contributed by atoms with Gasteiger partial charge >= 0.3 is 0 Å². The zero-order chi connectivity index (χ0) is 33.0. The van der Waals surface area contributed by atoms with Crippen LogP contribution in [0, 0.1) is 23.7 Å². The maximum Gasteiger partial charge on any atom is 0.235 e. The van der Waals surface area contributed by atoms with Crippen LogP contribution in [0.15, 0.2) is 30.3 Å². The van der Waals surface area contributed by atoms with E-state index >= 15 is 0 Å². The number of phenols is 1.